The second-order valence-electron chi connectivity index (χ2n) is 6.13. The maximum atomic E-state index is 5.53. The van der Waals surface area contributed by atoms with Crippen LogP contribution in [0, 0.1) is 5.41 Å². The van der Waals surface area contributed by atoms with E-state index < -0.39 is 0 Å². The molecule has 2 rings (SSSR count). The molecule has 0 spiro atoms. The lowest BCUT2D eigenvalue weighted by Crippen LogP contribution is -2.43. The Balaban J connectivity index is 2.21. The molecule has 3 heteroatoms. The molecular weight excluding hydrogens is 314 g/mol. The summed E-state index contributed by atoms with van der Waals surface area (Å²) in [7, 11) is 1.76. The zero-order chi connectivity index (χ0) is 14.6. The van der Waals surface area contributed by atoms with E-state index in [0.717, 1.165) is 23.2 Å². The topological polar surface area (TPSA) is 21.3 Å². The Kier molecular flexibility index (Phi) is 5.50. The van der Waals surface area contributed by atoms with Crippen LogP contribution in [0.4, 0.5) is 0 Å². The fraction of sp³-hybridized carbons (Fsp3) is 0.647. The van der Waals surface area contributed by atoms with Crippen LogP contribution in [-0.4, -0.2) is 19.7 Å². The molecule has 0 saturated heterocycles. The number of hydrogen-bond donors (Lipinski definition) is 1. The van der Waals surface area contributed by atoms with Crippen LogP contribution in [0.5, 0.6) is 5.75 Å². The summed E-state index contributed by atoms with van der Waals surface area (Å²) in [5.41, 5.74) is 1.71. The highest BCUT2D eigenvalue weighted by atomic mass is 79.9. The Morgan fingerprint density at radius 3 is 2.65 bits per heavy atom. The Morgan fingerprint density at radius 2 is 2.05 bits per heavy atom. The van der Waals surface area contributed by atoms with Crippen LogP contribution in [0.3, 0.4) is 0 Å². The minimum Gasteiger partial charge on any atom is -0.496 e. The van der Waals surface area contributed by atoms with Gasteiger partial charge in [-0.15, -0.1) is 0 Å². The molecule has 1 saturated carbocycles. The molecular formula is C17H26BrNO. The third kappa shape index (κ3) is 3.56. The van der Waals surface area contributed by atoms with Crippen molar-refractivity contribution in [2.75, 3.05) is 13.7 Å². The molecule has 0 radical (unpaired) electrons. The first-order valence-electron chi connectivity index (χ1n) is 7.65. The van der Waals surface area contributed by atoms with Gasteiger partial charge in [-0.05, 0) is 55.0 Å². The molecule has 1 fully saturated rings. The van der Waals surface area contributed by atoms with E-state index >= 15 is 0 Å². The maximum Gasteiger partial charge on any atom is 0.122 e. The van der Waals surface area contributed by atoms with Crippen molar-refractivity contribution in [3.05, 3.63) is 28.2 Å². The fourth-order valence-electron chi connectivity index (χ4n) is 3.47. The first kappa shape index (κ1) is 15.8. The van der Waals surface area contributed by atoms with Crippen molar-refractivity contribution >= 4 is 15.9 Å². The van der Waals surface area contributed by atoms with E-state index in [-0.39, 0.29) is 0 Å². The van der Waals surface area contributed by atoms with Gasteiger partial charge >= 0.3 is 0 Å². The van der Waals surface area contributed by atoms with Crippen molar-refractivity contribution in [3.63, 3.8) is 0 Å². The third-order valence-electron chi connectivity index (χ3n) is 4.70. The fourth-order valence-corrected chi connectivity index (χ4v) is 3.88. The van der Waals surface area contributed by atoms with E-state index in [9.17, 15) is 0 Å². The number of rotatable bonds is 6. The van der Waals surface area contributed by atoms with Gasteiger partial charge in [-0.25, -0.2) is 0 Å². The quantitative estimate of drug-likeness (QED) is 0.820. The molecule has 0 heterocycles. The van der Waals surface area contributed by atoms with Crippen LogP contribution in [-0.2, 0) is 6.42 Å². The van der Waals surface area contributed by atoms with Gasteiger partial charge in [0, 0.05) is 10.5 Å². The molecule has 1 aromatic carbocycles. The smallest absolute Gasteiger partial charge is 0.122 e. The molecule has 1 N–H and O–H groups in total. The van der Waals surface area contributed by atoms with Gasteiger partial charge < -0.3 is 10.1 Å². The SMILES string of the molecule is CCNC(Cc1cc(Br)ccc1OC)C1(C)CCCC1. The summed E-state index contributed by atoms with van der Waals surface area (Å²) in [6.45, 7) is 5.66. The Labute approximate surface area is 131 Å². The highest BCUT2D eigenvalue weighted by molar-refractivity contribution is 9.10. The highest BCUT2D eigenvalue weighted by Crippen LogP contribution is 2.42. The molecule has 0 aliphatic heterocycles. The van der Waals surface area contributed by atoms with Gasteiger partial charge in [0.05, 0.1) is 7.11 Å². The van der Waals surface area contributed by atoms with E-state index in [0.29, 0.717) is 11.5 Å². The molecule has 112 valence electrons. The number of hydrogen-bond acceptors (Lipinski definition) is 2. The van der Waals surface area contributed by atoms with Crippen LogP contribution < -0.4 is 10.1 Å². The summed E-state index contributed by atoms with van der Waals surface area (Å²) in [5, 5.41) is 3.71. The summed E-state index contributed by atoms with van der Waals surface area (Å²) >= 11 is 3.58. The summed E-state index contributed by atoms with van der Waals surface area (Å²) in [6, 6.07) is 6.82. The Morgan fingerprint density at radius 1 is 1.35 bits per heavy atom. The van der Waals surface area contributed by atoms with Gasteiger partial charge in [0.1, 0.15) is 5.75 Å². The Bertz CT molecular complexity index is 441. The van der Waals surface area contributed by atoms with E-state index in [4.69, 9.17) is 4.74 Å². The summed E-state index contributed by atoms with van der Waals surface area (Å²) in [5.74, 6) is 0.998. The van der Waals surface area contributed by atoms with Crippen LogP contribution in [0.1, 0.15) is 45.1 Å². The van der Waals surface area contributed by atoms with Gasteiger partial charge in [-0.2, -0.15) is 0 Å². The molecule has 1 aliphatic rings. The predicted octanol–water partition coefficient (Wildman–Crippen LogP) is 4.56. The van der Waals surface area contributed by atoms with Crippen LogP contribution in [0.2, 0.25) is 0 Å². The molecule has 20 heavy (non-hydrogen) atoms. The van der Waals surface area contributed by atoms with Gasteiger partial charge in [-0.1, -0.05) is 42.6 Å². The highest BCUT2D eigenvalue weighted by Gasteiger charge is 2.36. The molecule has 1 aliphatic carbocycles. The lowest BCUT2D eigenvalue weighted by atomic mass is 9.77. The Hall–Kier alpha value is -0.540. The minimum atomic E-state index is 0.420. The standard InChI is InChI=1S/C17H26BrNO/c1-4-19-16(17(2)9-5-6-10-17)12-13-11-14(18)7-8-15(13)20-3/h7-8,11,16,19H,4-6,9-10,12H2,1-3H3. The van der Waals surface area contributed by atoms with Crippen molar-refractivity contribution in [1.82, 2.24) is 5.32 Å². The second kappa shape index (κ2) is 6.95. The molecule has 1 atom stereocenters. The molecule has 0 aromatic heterocycles. The van der Waals surface area contributed by atoms with E-state index in [1.807, 2.05) is 6.07 Å². The van der Waals surface area contributed by atoms with Crippen LogP contribution in [0.25, 0.3) is 0 Å². The largest absolute Gasteiger partial charge is 0.496 e. The van der Waals surface area contributed by atoms with Crippen molar-refractivity contribution in [3.8, 4) is 5.75 Å². The van der Waals surface area contributed by atoms with Gasteiger partial charge in [0.25, 0.3) is 0 Å². The maximum absolute atomic E-state index is 5.53. The molecule has 2 nitrogen and oxygen atoms in total. The summed E-state index contributed by atoms with van der Waals surface area (Å²) in [6.07, 6.45) is 6.44. The monoisotopic (exact) mass is 339 g/mol. The van der Waals surface area contributed by atoms with E-state index in [1.165, 1.54) is 31.2 Å². The zero-order valence-corrected chi connectivity index (χ0v) is 14.4. The van der Waals surface area contributed by atoms with Crippen LogP contribution >= 0.6 is 15.9 Å². The van der Waals surface area contributed by atoms with E-state index in [2.05, 4.69) is 47.2 Å². The number of likely N-dealkylation sites (N-methyl/N-ethyl adjacent to an activating group) is 1. The summed E-state index contributed by atoms with van der Waals surface area (Å²) in [4.78, 5) is 0. The lowest BCUT2D eigenvalue weighted by Gasteiger charge is -2.35. The number of halogens is 1. The van der Waals surface area contributed by atoms with Crippen molar-refractivity contribution in [2.24, 2.45) is 5.41 Å². The number of nitrogens with one attached hydrogen (secondary N) is 1. The third-order valence-corrected chi connectivity index (χ3v) is 5.20. The predicted molar refractivity (Wildman–Crippen MR) is 88.4 cm³/mol. The molecule has 1 unspecified atom stereocenters. The van der Waals surface area contributed by atoms with E-state index in [1.54, 1.807) is 7.11 Å². The normalized spacial score (nSPS) is 19.0. The van der Waals surface area contributed by atoms with Crippen molar-refractivity contribution in [1.29, 1.82) is 0 Å². The van der Waals surface area contributed by atoms with Crippen molar-refractivity contribution in [2.45, 2.75) is 52.0 Å². The molecule has 1 aromatic rings. The second-order valence-corrected chi connectivity index (χ2v) is 7.05. The van der Waals surface area contributed by atoms with Gasteiger partial charge in [0.15, 0.2) is 0 Å². The number of benzene rings is 1. The molecule has 0 amide bonds. The van der Waals surface area contributed by atoms with Crippen LogP contribution in [0.15, 0.2) is 22.7 Å². The summed E-state index contributed by atoms with van der Waals surface area (Å²) < 4.78 is 6.65. The average Bonchev–Trinajstić information content (AvgIpc) is 2.87. The first-order chi connectivity index (χ1) is 9.59. The minimum absolute atomic E-state index is 0.420. The van der Waals surface area contributed by atoms with Gasteiger partial charge in [-0.3, -0.25) is 0 Å². The zero-order valence-electron chi connectivity index (χ0n) is 12.8. The van der Waals surface area contributed by atoms with Gasteiger partial charge in [0.2, 0.25) is 0 Å². The lowest BCUT2D eigenvalue weighted by molar-refractivity contribution is 0.220. The average molecular weight is 340 g/mol. The van der Waals surface area contributed by atoms with Crippen molar-refractivity contribution < 1.29 is 4.74 Å². The molecule has 0 bridgehead atoms. The number of ether oxygens (including phenoxy) is 1. The number of methoxy groups -OCH3 is 1. The first-order valence-corrected chi connectivity index (χ1v) is 8.44.